The molecule has 1 N–H and O–H groups in total. The number of benzene rings is 2. The zero-order valence-corrected chi connectivity index (χ0v) is 17.4. The Morgan fingerprint density at radius 3 is 2.31 bits per heavy atom. The molecule has 6 nitrogen and oxygen atoms in total. The fraction of sp³-hybridized carbons (Fsp3) is 0.150. The SMILES string of the molecule is O=C(COc1ccc(Cl)cc1)NCCN1C(=O)SC(=Cc2ccc(Cl)cc2)C1=O. The second kappa shape index (κ2) is 9.82. The van der Waals surface area contributed by atoms with Crippen LogP contribution in [0.1, 0.15) is 5.56 Å². The molecule has 0 aliphatic carbocycles. The number of carbonyl (C=O) groups is 3. The third-order valence-corrected chi connectivity index (χ3v) is 5.29. The van der Waals surface area contributed by atoms with E-state index in [4.69, 9.17) is 27.9 Å². The number of imide groups is 1. The molecule has 0 unspecified atom stereocenters. The first-order valence-electron chi connectivity index (χ1n) is 8.58. The summed E-state index contributed by atoms with van der Waals surface area (Å²) in [5, 5.41) is 3.41. The van der Waals surface area contributed by atoms with Gasteiger partial charge in [0, 0.05) is 23.1 Å². The highest BCUT2D eigenvalue weighted by Crippen LogP contribution is 2.32. The number of nitrogens with zero attached hydrogens (tertiary/aromatic N) is 1. The lowest BCUT2D eigenvalue weighted by atomic mass is 10.2. The van der Waals surface area contributed by atoms with Gasteiger partial charge in [0.2, 0.25) is 0 Å². The summed E-state index contributed by atoms with van der Waals surface area (Å²) >= 11 is 12.5. The zero-order chi connectivity index (χ0) is 20.8. The number of thioether (sulfide) groups is 1. The highest BCUT2D eigenvalue weighted by atomic mass is 35.5. The Balaban J connectivity index is 1.47. The molecule has 1 aliphatic rings. The quantitative estimate of drug-likeness (QED) is 0.638. The lowest BCUT2D eigenvalue weighted by Crippen LogP contribution is -2.38. The molecule has 3 amide bonds. The maximum absolute atomic E-state index is 12.4. The molecular weight excluding hydrogens is 435 g/mol. The number of halogens is 2. The molecule has 2 aromatic carbocycles. The van der Waals surface area contributed by atoms with Gasteiger partial charge in [-0.15, -0.1) is 0 Å². The summed E-state index contributed by atoms with van der Waals surface area (Å²) in [4.78, 5) is 37.9. The van der Waals surface area contributed by atoms with E-state index < -0.39 is 0 Å². The van der Waals surface area contributed by atoms with Gasteiger partial charge in [-0.1, -0.05) is 35.3 Å². The standard InChI is InChI=1S/C20H16Cl2N2O4S/c21-14-3-1-13(2-4-14)11-17-19(26)24(20(27)29-17)10-9-23-18(25)12-28-16-7-5-15(22)6-8-16/h1-8,11H,9-10,12H2,(H,23,25). The van der Waals surface area contributed by atoms with E-state index in [9.17, 15) is 14.4 Å². The van der Waals surface area contributed by atoms with Crippen LogP contribution in [0.25, 0.3) is 6.08 Å². The van der Waals surface area contributed by atoms with E-state index in [1.165, 1.54) is 0 Å². The Labute approximate surface area is 181 Å². The molecule has 1 saturated heterocycles. The van der Waals surface area contributed by atoms with Gasteiger partial charge in [0.05, 0.1) is 4.91 Å². The third kappa shape index (κ3) is 6.00. The molecule has 0 spiro atoms. The van der Waals surface area contributed by atoms with Crippen molar-refractivity contribution < 1.29 is 19.1 Å². The predicted molar refractivity (Wildman–Crippen MR) is 114 cm³/mol. The zero-order valence-electron chi connectivity index (χ0n) is 15.1. The fourth-order valence-electron chi connectivity index (χ4n) is 2.44. The second-order valence-electron chi connectivity index (χ2n) is 5.98. The van der Waals surface area contributed by atoms with Crippen molar-refractivity contribution >= 4 is 58.1 Å². The minimum absolute atomic E-state index is 0.0787. The van der Waals surface area contributed by atoms with Crippen LogP contribution in [0.4, 0.5) is 4.79 Å². The van der Waals surface area contributed by atoms with E-state index in [-0.39, 0.29) is 36.7 Å². The van der Waals surface area contributed by atoms with Crippen molar-refractivity contribution in [1.29, 1.82) is 0 Å². The first-order chi connectivity index (χ1) is 13.9. The van der Waals surface area contributed by atoms with Crippen molar-refractivity contribution in [3.8, 4) is 5.75 Å². The van der Waals surface area contributed by atoms with Crippen molar-refractivity contribution in [2.75, 3.05) is 19.7 Å². The van der Waals surface area contributed by atoms with Gasteiger partial charge in [-0.3, -0.25) is 19.3 Å². The molecule has 0 saturated carbocycles. The van der Waals surface area contributed by atoms with Crippen LogP contribution in [-0.4, -0.2) is 41.6 Å². The summed E-state index contributed by atoms with van der Waals surface area (Å²) in [5.74, 6) is -0.229. The van der Waals surface area contributed by atoms with Gasteiger partial charge in [-0.25, -0.2) is 0 Å². The largest absolute Gasteiger partial charge is 0.484 e. The molecule has 9 heteroatoms. The Morgan fingerprint density at radius 1 is 1.03 bits per heavy atom. The molecule has 0 atom stereocenters. The van der Waals surface area contributed by atoms with Crippen molar-refractivity contribution in [3.63, 3.8) is 0 Å². The minimum atomic E-state index is -0.387. The summed E-state index contributed by atoms with van der Waals surface area (Å²) in [6.45, 7) is 0.0321. The first-order valence-corrected chi connectivity index (χ1v) is 10.2. The molecule has 1 aliphatic heterocycles. The van der Waals surface area contributed by atoms with Gasteiger partial charge < -0.3 is 10.1 Å². The summed E-state index contributed by atoms with van der Waals surface area (Å²) < 4.78 is 5.34. The molecule has 1 fully saturated rings. The van der Waals surface area contributed by atoms with Crippen molar-refractivity contribution in [2.45, 2.75) is 0 Å². The fourth-order valence-corrected chi connectivity index (χ4v) is 3.56. The molecule has 2 aromatic rings. The molecular formula is C20H16Cl2N2O4S. The van der Waals surface area contributed by atoms with Crippen molar-refractivity contribution in [2.24, 2.45) is 0 Å². The Bertz CT molecular complexity index is 946. The Morgan fingerprint density at radius 2 is 1.66 bits per heavy atom. The van der Waals surface area contributed by atoms with Crippen LogP contribution in [0.5, 0.6) is 5.75 Å². The van der Waals surface area contributed by atoms with Crippen molar-refractivity contribution in [1.82, 2.24) is 10.2 Å². The molecule has 3 rings (SSSR count). The summed E-state index contributed by atoms with van der Waals surface area (Å²) in [7, 11) is 0. The molecule has 150 valence electrons. The average molecular weight is 451 g/mol. The lowest BCUT2D eigenvalue weighted by molar-refractivity contribution is -0.125. The highest BCUT2D eigenvalue weighted by molar-refractivity contribution is 8.18. The van der Waals surface area contributed by atoms with E-state index in [1.807, 2.05) is 0 Å². The van der Waals surface area contributed by atoms with Gasteiger partial charge >= 0.3 is 0 Å². The van der Waals surface area contributed by atoms with Gasteiger partial charge in [0.25, 0.3) is 17.1 Å². The smallest absolute Gasteiger partial charge is 0.293 e. The van der Waals surface area contributed by atoms with E-state index in [0.29, 0.717) is 20.7 Å². The maximum atomic E-state index is 12.4. The molecule has 29 heavy (non-hydrogen) atoms. The topological polar surface area (TPSA) is 75.7 Å². The van der Waals surface area contributed by atoms with E-state index in [0.717, 1.165) is 22.2 Å². The van der Waals surface area contributed by atoms with Crippen LogP contribution >= 0.6 is 35.0 Å². The summed E-state index contributed by atoms with van der Waals surface area (Å²) in [5.41, 5.74) is 0.771. The van der Waals surface area contributed by atoms with Crippen LogP contribution in [0.15, 0.2) is 53.4 Å². The number of ether oxygens (including phenoxy) is 1. The van der Waals surface area contributed by atoms with E-state index >= 15 is 0 Å². The van der Waals surface area contributed by atoms with Gasteiger partial charge in [0.15, 0.2) is 6.61 Å². The highest BCUT2D eigenvalue weighted by Gasteiger charge is 2.34. The van der Waals surface area contributed by atoms with Crippen molar-refractivity contribution in [3.05, 3.63) is 69.0 Å². The first kappa shape index (κ1) is 21.2. The monoisotopic (exact) mass is 450 g/mol. The van der Waals surface area contributed by atoms with Gasteiger partial charge in [0.1, 0.15) is 5.75 Å². The number of amides is 3. The minimum Gasteiger partial charge on any atom is -0.484 e. The number of nitrogens with one attached hydrogen (secondary N) is 1. The second-order valence-corrected chi connectivity index (χ2v) is 7.84. The van der Waals surface area contributed by atoms with E-state index in [2.05, 4.69) is 5.32 Å². The van der Waals surface area contributed by atoms with Crippen LogP contribution < -0.4 is 10.1 Å². The van der Waals surface area contributed by atoms with Crippen LogP contribution in [0.2, 0.25) is 10.0 Å². The normalized spacial score (nSPS) is 15.1. The molecule has 0 aromatic heterocycles. The number of hydrogen-bond acceptors (Lipinski definition) is 5. The molecule has 0 bridgehead atoms. The van der Waals surface area contributed by atoms with Crippen LogP contribution in [0.3, 0.4) is 0 Å². The number of carbonyl (C=O) groups excluding carboxylic acids is 3. The van der Waals surface area contributed by atoms with Gasteiger partial charge in [-0.05, 0) is 59.8 Å². The molecule has 0 radical (unpaired) electrons. The lowest BCUT2D eigenvalue weighted by Gasteiger charge is -2.13. The van der Waals surface area contributed by atoms with E-state index in [1.54, 1.807) is 54.6 Å². The summed E-state index contributed by atoms with van der Waals surface area (Å²) in [6.07, 6.45) is 1.64. The number of rotatable bonds is 7. The molecule has 1 heterocycles. The Kier molecular flexibility index (Phi) is 7.19. The Hall–Kier alpha value is -2.48. The third-order valence-electron chi connectivity index (χ3n) is 3.88. The van der Waals surface area contributed by atoms with Crippen LogP contribution in [0, 0.1) is 0 Å². The average Bonchev–Trinajstić information content (AvgIpc) is 2.96. The maximum Gasteiger partial charge on any atom is 0.293 e. The number of hydrogen-bond donors (Lipinski definition) is 1. The summed E-state index contributed by atoms with van der Waals surface area (Å²) in [6, 6.07) is 13.6. The predicted octanol–water partition coefficient (Wildman–Crippen LogP) is 4.22. The van der Waals surface area contributed by atoms with Crippen LogP contribution in [-0.2, 0) is 9.59 Å². The van der Waals surface area contributed by atoms with Gasteiger partial charge in [-0.2, -0.15) is 0 Å².